The summed E-state index contributed by atoms with van der Waals surface area (Å²) in [6, 6.07) is 3.60. The molecule has 1 aliphatic rings. The van der Waals surface area contributed by atoms with Crippen LogP contribution in [0.2, 0.25) is 0 Å². The molecule has 0 unspecified atom stereocenters. The van der Waals surface area contributed by atoms with Crippen LogP contribution in [0, 0.1) is 0 Å². The second-order valence-electron chi connectivity index (χ2n) is 5.25. The molecular formula is C15H18N2O3. The van der Waals surface area contributed by atoms with Crippen LogP contribution in [0.1, 0.15) is 49.8 Å². The second-order valence-corrected chi connectivity index (χ2v) is 5.25. The molecule has 2 N–H and O–H groups in total. The third-order valence-electron chi connectivity index (χ3n) is 3.94. The molecule has 106 valence electrons. The van der Waals surface area contributed by atoms with Gasteiger partial charge < -0.3 is 14.5 Å². The molecule has 0 saturated heterocycles. The van der Waals surface area contributed by atoms with Gasteiger partial charge in [-0.3, -0.25) is 4.79 Å². The summed E-state index contributed by atoms with van der Waals surface area (Å²) in [5, 5.41) is 10.1. The summed E-state index contributed by atoms with van der Waals surface area (Å²) in [5.41, 5.74) is 0.169. The summed E-state index contributed by atoms with van der Waals surface area (Å²) < 4.78 is 5.55. The molecular weight excluding hydrogens is 256 g/mol. The molecule has 0 radical (unpaired) electrons. The summed E-state index contributed by atoms with van der Waals surface area (Å²) in [5.74, 6) is 1.55. The molecule has 5 nitrogen and oxygen atoms in total. The fourth-order valence-corrected chi connectivity index (χ4v) is 2.86. The number of rotatable bonds is 3. The van der Waals surface area contributed by atoms with Crippen LogP contribution < -0.4 is 5.56 Å². The van der Waals surface area contributed by atoms with Gasteiger partial charge in [0.15, 0.2) is 11.6 Å². The number of furan rings is 1. The van der Waals surface area contributed by atoms with E-state index in [1.807, 2.05) is 13.0 Å². The van der Waals surface area contributed by atoms with Gasteiger partial charge in [0.05, 0.1) is 5.56 Å². The van der Waals surface area contributed by atoms with E-state index in [1.54, 1.807) is 6.07 Å². The number of aromatic amines is 1. The molecule has 3 rings (SSSR count). The van der Waals surface area contributed by atoms with Crippen LogP contribution in [0.5, 0.6) is 5.88 Å². The molecule has 2 aromatic rings. The first-order valence-corrected chi connectivity index (χ1v) is 7.11. The summed E-state index contributed by atoms with van der Waals surface area (Å²) in [7, 11) is 0. The fraction of sp³-hybridized carbons (Fsp3) is 0.467. The molecule has 0 atom stereocenters. The number of nitrogens with zero attached hydrogens (tertiary/aromatic N) is 1. The average molecular weight is 274 g/mol. The number of aromatic nitrogens is 2. The molecule has 0 spiro atoms. The molecule has 0 aliphatic heterocycles. The zero-order chi connectivity index (χ0) is 14.1. The van der Waals surface area contributed by atoms with Gasteiger partial charge in [0.2, 0.25) is 5.88 Å². The summed E-state index contributed by atoms with van der Waals surface area (Å²) in [6.07, 6.45) is 4.86. The zero-order valence-electron chi connectivity index (χ0n) is 11.5. The second kappa shape index (κ2) is 5.15. The Bertz CT molecular complexity index is 666. The fourth-order valence-electron chi connectivity index (χ4n) is 2.86. The van der Waals surface area contributed by atoms with E-state index in [0.29, 0.717) is 11.3 Å². The van der Waals surface area contributed by atoms with Crippen molar-refractivity contribution >= 4 is 0 Å². The third kappa shape index (κ3) is 2.24. The van der Waals surface area contributed by atoms with Crippen molar-refractivity contribution in [3.63, 3.8) is 0 Å². The van der Waals surface area contributed by atoms with Gasteiger partial charge in [0, 0.05) is 6.42 Å². The van der Waals surface area contributed by atoms with Crippen molar-refractivity contribution in [3.05, 3.63) is 33.8 Å². The standard InChI is InChI=1S/C15H18N2O3/c1-2-10-7-8-11(20-10)13-16-14(18)12(15(19)17-13)9-5-3-4-6-9/h7-9H,2-6H2,1H3,(H2,16,17,18,19). The van der Waals surface area contributed by atoms with E-state index in [1.165, 1.54) is 0 Å². The van der Waals surface area contributed by atoms with Crippen LogP contribution in [0.3, 0.4) is 0 Å². The van der Waals surface area contributed by atoms with Crippen LogP contribution >= 0.6 is 0 Å². The SMILES string of the molecule is CCc1ccc(-c2nc(O)c(C3CCCC3)c(=O)[nH]2)o1. The maximum atomic E-state index is 12.2. The van der Waals surface area contributed by atoms with Crippen molar-refractivity contribution in [1.82, 2.24) is 9.97 Å². The van der Waals surface area contributed by atoms with Crippen LogP contribution in [-0.2, 0) is 6.42 Å². The van der Waals surface area contributed by atoms with Crippen molar-refractivity contribution in [1.29, 1.82) is 0 Å². The summed E-state index contributed by atoms with van der Waals surface area (Å²) in [6.45, 7) is 1.99. The highest BCUT2D eigenvalue weighted by atomic mass is 16.3. The van der Waals surface area contributed by atoms with E-state index in [4.69, 9.17) is 4.42 Å². The quantitative estimate of drug-likeness (QED) is 0.901. The summed E-state index contributed by atoms with van der Waals surface area (Å²) >= 11 is 0. The highest BCUT2D eigenvalue weighted by Gasteiger charge is 2.25. The monoisotopic (exact) mass is 274 g/mol. The maximum Gasteiger partial charge on any atom is 0.258 e. The lowest BCUT2D eigenvalue weighted by atomic mass is 10.00. The molecule has 1 saturated carbocycles. The number of H-pyrrole nitrogens is 1. The van der Waals surface area contributed by atoms with Crippen molar-refractivity contribution in [2.75, 3.05) is 0 Å². The molecule has 0 bridgehead atoms. The van der Waals surface area contributed by atoms with Gasteiger partial charge in [-0.15, -0.1) is 0 Å². The Kier molecular flexibility index (Phi) is 3.34. The Morgan fingerprint density at radius 3 is 2.75 bits per heavy atom. The number of hydrogen-bond acceptors (Lipinski definition) is 4. The Balaban J connectivity index is 2.00. The van der Waals surface area contributed by atoms with Gasteiger partial charge in [-0.25, -0.2) is 0 Å². The highest BCUT2D eigenvalue weighted by Crippen LogP contribution is 2.36. The molecule has 0 aromatic carbocycles. The Morgan fingerprint density at radius 1 is 1.40 bits per heavy atom. The lowest BCUT2D eigenvalue weighted by Crippen LogP contribution is -2.17. The van der Waals surface area contributed by atoms with Crippen LogP contribution in [0.4, 0.5) is 0 Å². The molecule has 2 heterocycles. The predicted octanol–water partition coefficient (Wildman–Crippen LogP) is 2.96. The van der Waals surface area contributed by atoms with Crippen molar-refractivity contribution in [2.45, 2.75) is 44.9 Å². The molecule has 0 amide bonds. The Labute approximate surface area is 116 Å². The number of aryl methyl sites for hydroxylation is 1. The van der Waals surface area contributed by atoms with Crippen molar-refractivity contribution in [3.8, 4) is 17.5 Å². The molecule has 20 heavy (non-hydrogen) atoms. The van der Waals surface area contributed by atoms with Gasteiger partial charge in [-0.1, -0.05) is 19.8 Å². The average Bonchev–Trinajstić information content (AvgIpc) is 3.09. The van der Waals surface area contributed by atoms with Crippen LogP contribution in [0.15, 0.2) is 21.3 Å². The van der Waals surface area contributed by atoms with Crippen LogP contribution in [0.25, 0.3) is 11.6 Å². The lowest BCUT2D eigenvalue weighted by molar-refractivity contribution is 0.434. The normalized spacial score (nSPS) is 15.8. The van der Waals surface area contributed by atoms with E-state index in [0.717, 1.165) is 37.9 Å². The van der Waals surface area contributed by atoms with E-state index < -0.39 is 0 Å². The largest absolute Gasteiger partial charge is 0.493 e. The minimum absolute atomic E-state index is 0.128. The zero-order valence-corrected chi connectivity index (χ0v) is 11.5. The first-order chi connectivity index (χ1) is 9.69. The number of aromatic hydroxyl groups is 1. The van der Waals surface area contributed by atoms with Gasteiger partial charge in [0.25, 0.3) is 5.56 Å². The summed E-state index contributed by atoms with van der Waals surface area (Å²) in [4.78, 5) is 19.0. The lowest BCUT2D eigenvalue weighted by Gasteiger charge is -2.10. The van der Waals surface area contributed by atoms with Gasteiger partial charge in [-0.05, 0) is 30.9 Å². The molecule has 2 aromatic heterocycles. The van der Waals surface area contributed by atoms with E-state index in [2.05, 4.69) is 9.97 Å². The first kappa shape index (κ1) is 13.0. The minimum Gasteiger partial charge on any atom is -0.493 e. The molecule has 5 heteroatoms. The number of nitrogens with one attached hydrogen (secondary N) is 1. The first-order valence-electron chi connectivity index (χ1n) is 7.11. The smallest absolute Gasteiger partial charge is 0.258 e. The predicted molar refractivity (Wildman–Crippen MR) is 74.8 cm³/mol. The van der Waals surface area contributed by atoms with Crippen molar-refractivity contribution in [2.24, 2.45) is 0 Å². The molecule has 1 aliphatic carbocycles. The third-order valence-corrected chi connectivity index (χ3v) is 3.94. The van der Waals surface area contributed by atoms with E-state index in [9.17, 15) is 9.90 Å². The van der Waals surface area contributed by atoms with Crippen molar-refractivity contribution < 1.29 is 9.52 Å². The van der Waals surface area contributed by atoms with Crippen LogP contribution in [-0.4, -0.2) is 15.1 Å². The van der Waals surface area contributed by atoms with Gasteiger partial charge >= 0.3 is 0 Å². The van der Waals surface area contributed by atoms with E-state index in [-0.39, 0.29) is 23.2 Å². The van der Waals surface area contributed by atoms with E-state index >= 15 is 0 Å². The maximum absolute atomic E-state index is 12.2. The van der Waals surface area contributed by atoms with Gasteiger partial charge in [-0.2, -0.15) is 4.98 Å². The molecule has 1 fully saturated rings. The Hall–Kier alpha value is -2.04. The van der Waals surface area contributed by atoms with Gasteiger partial charge in [0.1, 0.15) is 5.76 Å². The minimum atomic E-state index is -0.256. The Morgan fingerprint density at radius 2 is 2.15 bits per heavy atom. The number of hydrogen-bond donors (Lipinski definition) is 2. The topological polar surface area (TPSA) is 79.1 Å². The highest BCUT2D eigenvalue weighted by molar-refractivity contribution is 5.49.